The third kappa shape index (κ3) is 13.6. The van der Waals surface area contributed by atoms with Crippen LogP contribution in [0, 0.1) is 0 Å². The molecule has 7 rings (SSSR count). The highest BCUT2D eigenvalue weighted by atomic mass is 19.4. The van der Waals surface area contributed by atoms with E-state index in [1.165, 1.54) is 13.8 Å². The van der Waals surface area contributed by atoms with Crippen molar-refractivity contribution in [3.63, 3.8) is 0 Å². The Labute approximate surface area is 409 Å². The van der Waals surface area contributed by atoms with E-state index in [-0.39, 0.29) is 49.7 Å². The number of aliphatic hydroxyl groups excluding tert-OH is 2. The number of benzene rings is 4. The number of hydrogen-bond acceptors (Lipinski definition) is 7. The van der Waals surface area contributed by atoms with Gasteiger partial charge in [0.2, 0.25) is 0 Å². The summed E-state index contributed by atoms with van der Waals surface area (Å²) in [5.41, 5.74) is 0.639. The van der Waals surface area contributed by atoms with E-state index in [2.05, 4.69) is 10.2 Å². The first-order chi connectivity index (χ1) is 33.7. The van der Waals surface area contributed by atoms with Crippen molar-refractivity contribution in [1.82, 2.24) is 14.8 Å². The highest BCUT2D eigenvalue weighted by Gasteiger charge is 2.46. The summed E-state index contributed by atoms with van der Waals surface area (Å²) in [6.07, 6.45) is -12.5. The van der Waals surface area contributed by atoms with Gasteiger partial charge in [-0.2, -0.15) is 52.7 Å². The molecule has 394 valence electrons. The molecule has 2 aliphatic rings. The van der Waals surface area contributed by atoms with Gasteiger partial charge in [-0.1, -0.05) is 60.7 Å². The summed E-state index contributed by atoms with van der Waals surface area (Å²) in [4.78, 5) is 0. The monoisotopic (exact) mass is 1030 g/mol. The van der Waals surface area contributed by atoms with E-state index < -0.39 is 81.1 Å². The maximum absolute atomic E-state index is 13.4. The molecule has 0 spiro atoms. The Bertz CT molecular complexity index is 2420. The number of aromatic nitrogens is 3. The van der Waals surface area contributed by atoms with Crippen molar-refractivity contribution in [2.75, 3.05) is 26.4 Å². The Morgan fingerprint density at radius 3 is 1.17 bits per heavy atom. The fourth-order valence-corrected chi connectivity index (χ4v) is 9.99. The number of nitrogens with zero attached hydrogens (tertiary/aromatic N) is 3. The van der Waals surface area contributed by atoms with Crippen molar-refractivity contribution >= 4 is 0 Å². The highest BCUT2D eigenvalue weighted by molar-refractivity contribution is 5.36. The molecular weight excluding hydrogens is 973 g/mol. The van der Waals surface area contributed by atoms with E-state index in [1.807, 2.05) is 65.2 Å². The zero-order valence-electron chi connectivity index (χ0n) is 39.6. The SMILES string of the molecule is C[C@@H](OCC1(c2ccccc2)CCC(CCO)(n2cnnc2)CC1)c1cc(C(F)(F)F)cc(C(F)(F)F)c1.C[C@@H](OCC1(c2ccccc2)CCC(N)(CCO)CC1)c1cc(C(F)(F)F)cc(C(F)(F)F)c1. The van der Waals surface area contributed by atoms with Gasteiger partial charge in [0.15, 0.2) is 0 Å². The topological polar surface area (TPSA) is 116 Å². The standard InChI is InChI=1S/C27H29F6N3O2.C25H29F6NO2/c1-19(20-13-22(26(28,29)30)15-23(14-20)27(31,32)33)38-16-24(21-5-3-2-4-6-21)7-9-25(10-8-24,11-12-37)36-17-34-35-18-36;1-17(18-13-20(24(26,27)28)15-21(14-18)25(29,30)31)34-16-22(19-5-3-2-4-6-19)7-9-23(32,10-8-22)11-12-33/h2-6,13-15,17-19,37H,7-12,16H2,1H3;2-6,13-15,17,33H,7-12,16,32H2,1H3/t19-,24?,25?;17-,22?,23?/m11/s1. The Balaban J connectivity index is 0.000000237. The Hall–Kier alpha value is -5.02. The molecule has 2 saturated carbocycles. The van der Waals surface area contributed by atoms with Crippen molar-refractivity contribution < 1.29 is 72.4 Å². The van der Waals surface area contributed by atoms with Crippen molar-refractivity contribution in [2.24, 2.45) is 5.73 Å². The number of rotatable bonds is 15. The first-order valence-electron chi connectivity index (χ1n) is 23.5. The molecule has 72 heavy (non-hydrogen) atoms. The van der Waals surface area contributed by atoms with E-state index in [4.69, 9.17) is 15.2 Å². The molecule has 4 aromatic carbocycles. The van der Waals surface area contributed by atoms with Gasteiger partial charge in [0.1, 0.15) is 12.7 Å². The van der Waals surface area contributed by atoms with Crippen LogP contribution in [0.15, 0.2) is 110 Å². The van der Waals surface area contributed by atoms with E-state index in [1.54, 1.807) is 12.7 Å². The van der Waals surface area contributed by atoms with Gasteiger partial charge in [0.05, 0.1) is 47.7 Å². The summed E-state index contributed by atoms with van der Waals surface area (Å²) in [6, 6.07) is 22.1. The van der Waals surface area contributed by atoms with Gasteiger partial charge in [0, 0.05) is 35.1 Å². The summed E-state index contributed by atoms with van der Waals surface area (Å²) >= 11 is 0. The number of hydrogen-bond donors (Lipinski definition) is 3. The average molecular weight is 1030 g/mol. The zero-order valence-corrected chi connectivity index (χ0v) is 39.6. The molecule has 0 aliphatic heterocycles. The van der Waals surface area contributed by atoms with Crippen LogP contribution in [0.25, 0.3) is 0 Å². The summed E-state index contributed by atoms with van der Waals surface area (Å²) in [5.74, 6) is 0. The summed E-state index contributed by atoms with van der Waals surface area (Å²) in [5, 5.41) is 26.9. The average Bonchev–Trinajstić information content (AvgIpc) is 3.90. The second-order valence-corrected chi connectivity index (χ2v) is 19.3. The molecule has 2 aliphatic carbocycles. The third-order valence-electron chi connectivity index (χ3n) is 14.6. The third-order valence-corrected chi connectivity index (χ3v) is 14.6. The summed E-state index contributed by atoms with van der Waals surface area (Å²) in [7, 11) is 0. The number of alkyl halides is 12. The predicted molar refractivity (Wildman–Crippen MR) is 243 cm³/mol. The van der Waals surface area contributed by atoms with Gasteiger partial charge in [-0.15, -0.1) is 10.2 Å². The van der Waals surface area contributed by atoms with Gasteiger partial charge in [-0.25, -0.2) is 0 Å². The second-order valence-electron chi connectivity index (χ2n) is 19.3. The molecule has 20 heteroatoms. The van der Waals surface area contributed by atoms with E-state index in [0.717, 1.165) is 11.1 Å². The lowest BCUT2D eigenvalue weighted by atomic mass is 9.63. The van der Waals surface area contributed by atoms with Crippen LogP contribution in [0.1, 0.15) is 135 Å². The zero-order chi connectivity index (χ0) is 52.8. The smallest absolute Gasteiger partial charge is 0.396 e. The molecule has 4 N–H and O–H groups in total. The highest BCUT2D eigenvalue weighted by Crippen LogP contribution is 2.49. The lowest BCUT2D eigenvalue weighted by Crippen LogP contribution is -2.49. The van der Waals surface area contributed by atoms with Crippen molar-refractivity contribution in [2.45, 2.75) is 137 Å². The van der Waals surface area contributed by atoms with E-state index in [0.29, 0.717) is 88.5 Å². The van der Waals surface area contributed by atoms with Crippen LogP contribution in [-0.2, 0) is 50.5 Å². The van der Waals surface area contributed by atoms with E-state index in [9.17, 15) is 62.9 Å². The number of halogens is 12. The van der Waals surface area contributed by atoms with Crippen molar-refractivity contribution in [1.29, 1.82) is 0 Å². The summed E-state index contributed by atoms with van der Waals surface area (Å²) < 4.78 is 174. The van der Waals surface area contributed by atoms with E-state index >= 15 is 0 Å². The lowest BCUT2D eigenvalue weighted by molar-refractivity contribution is -0.145. The molecule has 2 fully saturated rings. The molecule has 5 aromatic rings. The molecule has 1 aromatic heterocycles. The minimum atomic E-state index is -4.93. The van der Waals surface area contributed by atoms with Gasteiger partial charge in [0.25, 0.3) is 0 Å². The number of aliphatic hydroxyl groups is 2. The maximum atomic E-state index is 13.4. The van der Waals surface area contributed by atoms with Gasteiger partial charge >= 0.3 is 24.7 Å². The quantitative estimate of drug-likeness (QED) is 0.0895. The number of nitrogens with two attached hydrogens (primary N) is 1. The van der Waals surface area contributed by atoms with Crippen molar-refractivity contribution in [3.05, 3.63) is 154 Å². The van der Waals surface area contributed by atoms with Crippen LogP contribution >= 0.6 is 0 Å². The largest absolute Gasteiger partial charge is 0.416 e. The molecule has 2 atom stereocenters. The molecule has 0 bridgehead atoms. The Kier molecular flexibility index (Phi) is 17.4. The molecule has 0 saturated heterocycles. The van der Waals surface area contributed by atoms with Crippen molar-refractivity contribution in [3.8, 4) is 0 Å². The van der Waals surface area contributed by atoms with Crippen LogP contribution in [0.2, 0.25) is 0 Å². The normalized spacial score (nSPS) is 24.0. The van der Waals surface area contributed by atoms with Crippen LogP contribution in [-0.4, -0.2) is 56.9 Å². The van der Waals surface area contributed by atoms with Gasteiger partial charge in [-0.05, 0) is 137 Å². The lowest BCUT2D eigenvalue weighted by Gasteiger charge is -2.47. The second kappa shape index (κ2) is 22.2. The van der Waals surface area contributed by atoms with Crippen LogP contribution < -0.4 is 5.73 Å². The molecule has 0 amide bonds. The molecule has 1 heterocycles. The van der Waals surface area contributed by atoms with Crippen LogP contribution in [0.4, 0.5) is 52.7 Å². The first kappa shape index (κ1) is 56.3. The Morgan fingerprint density at radius 1 is 0.514 bits per heavy atom. The minimum Gasteiger partial charge on any atom is -0.396 e. The first-order valence-corrected chi connectivity index (χ1v) is 23.5. The predicted octanol–water partition coefficient (Wildman–Crippen LogP) is 13.1. The minimum absolute atomic E-state index is 0.0267. The molecule has 8 nitrogen and oxygen atoms in total. The Morgan fingerprint density at radius 2 is 0.847 bits per heavy atom. The number of ether oxygens (including phenoxy) is 2. The van der Waals surface area contributed by atoms with Crippen LogP contribution in [0.5, 0.6) is 0 Å². The van der Waals surface area contributed by atoms with Gasteiger partial charge in [-0.3, -0.25) is 0 Å². The fraction of sp³-hybridized carbons (Fsp3) is 0.500. The van der Waals surface area contributed by atoms with Crippen LogP contribution in [0.3, 0.4) is 0 Å². The molecular formula is C52H58F12N4O4. The van der Waals surface area contributed by atoms with Gasteiger partial charge < -0.3 is 30.0 Å². The molecule has 0 unspecified atom stereocenters. The fourth-order valence-electron chi connectivity index (χ4n) is 9.99. The summed E-state index contributed by atoms with van der Waals surface area (Å²) in [6.45, 7) is 3.08. The molecule has 0 radical (unpaired) electrons. The maximum Gasteiger partial charge on any atom is 0.416 e.